The molecule has 4 rings (SSSR count). The summed E-state index contributed by atoms with van der Waals surface area (Å²) in [4.78, 5) is 38.1. The average molecular weight is 421 g/mol. The Labute approximate surface area is 175 Å². The van der Waals surface area contributed by atoms with E-state index in [1.165, 1.54) is 10.7 Å². The molecule has 0 aliphatic heterocycles. The van der Waals surface area contributed by atoms with E-state index in [9.17, 15) is 14.4 Å². The molecule has 1 amide bonds. The van der Waals surface area contributed by atoms with Crippen LogP contribution >= 0.6 is 11.3 Å². The Morgan fingerprint density at radius 1 is 1.13 bits per heavy atom. The van der Waals surface area contributed by atoms with E-state index in [0.29, 0.717) is 22.9 Å². The first kappa shape index (κ1) is 19.7. The molecule has 1 aromatic carbocycles. The summed E-state index contributed by atoms with van der Waals surface area (Å²) < 4.78 is 1.36. The van der Waals surface area contributed by atoms with Gasteiger partial charge in [0.2, 0.25) is 0 Å². The third-order valence-electron chi connectivity index (χ3n) is 4.77. The van der Waals surface area contributed by atoms with E-state index >= 15 is 0 Å². The number of hydrogen-bond acceptors (Lipinski definition) is 6. The molecule has 2 N–H and O–H groups in total. The Hall–Kier alpha value is -3.59. The van der Waals surface area contributed by atoms with Crippen molar-refractivity contribution >= 4 is 28.0 Å². The number of hydrogen-bond donors (Lipinski definition) is 2. The minimum absolute atomic E-state index is 0.135. The fraction of sp³-hybridized carbons (Fsp3) is 0.190. The lowest BCUT2D eigenvalue weighted by molar-refractivity contribution is 0.0926. The fourth-order valence-corrected chi connectivity index (χ4v) is 3.85. The van der Waals surface area contributed by atoms with Crippen molar-refractivity contribution < 1.29 is 4.79 Å². The molecule has 0 aliphatic rings. The highest BCUT2D eigenvalue weighted by atomic mass is 32.1. The maximum atomic E-state index is 12.9. The van der Waals surface area contributed by atoms with Crippen LogP contribution < -0.4 is 16.4 Å². The normalized spacial score (nSPS) is 12.0. The first-order valence-corrected chi connectivity index (χ1v) is 10.3. The van der Waals surface area contributed by atoms with Crippen LogP contribution in [-0.2, 0) is 6.54 Å². The van der Waals surface area contributed by atoms with Gasteiger partial charge in [0, 0.05) is 17.5 Å². The Morgan fingerprint density at radius 3 is 2.67 bits per heavy atom. The number of amides is 1. The summed E-state index contributed by atoms with van der Waals surface area (Å²) in [5.41, 5.74) is 0.251. The van der Waals surface area contributed by atoms with Crippen molar-refractivity contribution in [1.29, 1.82) is 0 Å². The van der Waals surface area contributed by atoms with Crippen LogP contribution in [0.25, 0.3) is 21.3 Å². The van der Waals surface area contributed by atoms with E-state index in [1.54, 1.807) is 41.7 Å². The maximum absolute atomic E-state index is 12.9. The van der Waals surface area contributed by atoms with Crippen LogP contribution in [0.4, 0.5) is 0 Å². The number of nitrogens with one attached hydrogen (secondary N) is 2. The Bertz CT molecular complexity index is 1310. The number of rotatable bonds is 6. The SMILES string of the molecule is CC[C@@H](Cn1nc(-c2cccs2)ccc1=O)NC(=O)c1n[nH]c(=O)c2ccccc12. The van der Waals surface area contributed by atoms with Gasteiger partial charge in [-0.15, -0.1) is 11.3 Å². The Morgan fingerprint density at radius 2 is 1.93 bits per heavy atom. The zero-order chi connectivity index (χ0) is 21.1. The molecule has 0 unspecified atom stereocenters. The third kappa shape index (κ3) is 3.92. The summed E-state index contributed by atoms with van der Waals surface area (Å²) in [6.07, 6.45) is 0.588. The lowest BCUT2D eigenvalue weighted by atomic mass is 10.1. The van der Waals surface area contributed by atoms with E-state index in [0.717, 1.165) is 4.88 Å². The fourth-order valence-electron chi connectivity index (χ4n) is 3.16. The molecule has 1 atom stereocenters. The Kier molecular flexibility index (Phi) is 5.53. The number of carbonyl (C=O) groups is 1. The zero-order valence-corrected chi connectivity index (χ0v) is 17.0. The van der Waals surface area contributed by atoms with E-state index in [1.807, 2.05) is 24.4 Å². The predicted molar refractivity (Wildman–Crippen MR) is 116 cm³/mol. The van der Waals surface area contributed by atoms with Gasteiger partial charge in [-0.25, -0.2) is 9.78 Å². The van der Waals surface area contributed by atoms with Gasteiger partial charge in [-0.3, -0.25) is 14.4 Å². The summed E-state index contributed by atoms with van der Waals surface area (Å²) in [5.74, 6) is -0.420. The van der Waals surface area contributed by atoms with Gasteiger partial charge in [-0.1, -0.05) is 31.2 Å². The second kappa shape index (κ2) is 8.42. The number of carbonyl (C=O) groups excluding carboxylic acids is 1. The highest BCUT2D eigenvalue weighted by Crippen LogP contribution is 2.21. The lowest BCUT2D eigenvalue weighted by Crippen LogP contribution is -2.41. The molecule has 0 saturated carbocycles. The number of H-pyrrole nitrogens is 1. The third-order valence-corrected chi connectivity index (χ3v) is 5.67. The van der Waals surface area contributed by atoms with Crippen LogP contribution in [0, 0.1) is 0 Å². The van der Waals surface area contributed by atoms with Crippen LogP contribution in [0.2, 0.25) is 0 Å². The summed E-state index contributed by atoms with van der Waals surface area (Å²) in [6, 6.07) is 13.5. The average Bonchev–Trinajstić information content (AvgIpc) is 3.30. The van der Waals surface area contributed by atoms with Crippen LogP contribution in [0.15, 0.2) is 63.5 Å². The molecule has 0 radical (unpaired) electrons. The van der Waals surface area contributed by atoms with Gasteiger partial charge >= 0.3 is 0 Å². The molecule has 4 aromatic rings. The highest BCUT2D eigenvalue weighted by molar-refractivity contribution is 7.13. The van der Waals surface area contributed by atoms with E-state index in [2.05, 4.69) is 20.6 Å². The van der Waals surface area contributed by atoms with Crippen LogP contribution in [0.3, 0.4) is 0 Å². The standard InChI is InChI=1S/C21H19N5O3S/c1-2-13(12-26-18(27)10-9-16(25-26)17-8-5-11-30-17)22-21(29)19-14-6-3-4-7-15(14)20(28)24-23-19/h3-11,13H,2,12H2,1H3,(H,22,29)(H,24,28)/t13-/m0/s1. The molecule has 0 spiro atoms. The van der Waals surface area contributed by atoms with Crippen molar-refractivity contribution in [2.24, 2.45) is 0 Å². The summed E-state index contributed by atoms with van der Waals surface area (Å²) >= 11 is 1.54. The van der Waals surface area contributed by atoms with Gasteiger partial charge in [0.25, 0.3) is 17.0 Å². The molecule has 152 valence electrons. The quantitative estimate of drug-likeness (QED) is 0.497. The Balaban J connectivity index is 1.58. The monoisotopic (exact) mass is 421 g/mol. The summed E-state index contributed by atoms with van der Waals surface area (Å²) in [6.45, 7) is 2.14. The van der Waals surface area contributed by atoms with Crippen LogP contribution in [0.1, 0.15) is 23.8 Å². The number of fused-ring (bicyclic) bond motifs is 1. The molecule has 30 heavy (non-hydrogen) atoms. The largest absolute Gasteiger partial charge is 0.346 e. The predicted octanol–water partition coefficient (Wildman–Crippen LogP) is 2.42. The molecule has 3 heterocycles. The number of aromatic amines is 1. The van der Waals surface area contributed by atoms with Crippen molar-refractivity contribution in [2.75, 3.05) is 0 Å². The maximum Gasteiger partial charge on any atom is 0.272 e. The van der Waals surface area contributed by atoms with Gasteiger partial charge in [-0.2, -0.15) is 10.2 Å². The number of nitrogens with zero attached hydrogens (tertiary/aromatic N) is 3. The lowest BCUT2D eigenvalue weighted by Gasteiger charge is -2.18. The first-order valence-electron chi connectivity index (χ1n) is 9.47. The van der Waals surface area contributed by atoms with E-state index in [4.69, 9.17) is 0 Å². The molecule has 8 nitrogen and oxygen atoms in total. The van der Waals surface area contributed by atoms with E-state index < -0.39 is 5.91 Å². The number of benzene rings is 1. The van der Waals surface area contributed by atoms with E-state index in [-0.39, 0.29) is 29.4 Å². The van der Waals surface area contributed by atoms with Crippen LogP contribution in [-0.4, -0.2) is 31.9 Å². The van der Waals surface area contributed by atoms with Crippen LogP contribution in [0.5, 0.6) is 0 Å². The molecule has 0 bridgehead atoms. The smallest absolute Gasteiger partial charge is 0.272 e. The van der Waals surface area contributed by atoms with Crippen molar-refractivity contribution in [1.82, 2.24) is 25.3 Å². The number of thiophene rings is 1. The van der Waals surface area contributed by atoms with Crippen molar-refractivity contribution in [3.8, 4) is 10.6 Å². The van der Waals surface area contributed by atoms with Gasteiger partial charge in [-0.05, 0) is 30.0 Å². The van der Waals surface area contributed by atoms with Crippen molar-refractivity contribution in [2.45, 2.75) is 25.9 Å². The topological polar surface area (TPSA) is 110 Å². The zero-order valence-electron chi connectivity index (χ0n) is 16.2. The highest BCUT2D eigenvalue weighted by Gasteiger charge is 2.18. The van der Waals surface area contributed by atoms with Gasteiger partial charge in [0.05, 0.1) is 16.8 Å². The molecule has 0 fully saturated rings. The minimum Gasteiger partial charge on any atom is -0.346 e. The van der Waals surface area contributed by atoms with Gasteiger partial charge in [0.15, 0.2) is 5.69 Å². The van der Waals surface area contributed by atoms with Crippen molar-refractivity contribution in [3.05, 3.63) is 80.3 Å². The molecular formula is C21H19N5O3S. The van der Waals surface area contributed by atoms with Gasteiger partial charge < -0.3 is 5.32 Å². The van der Waals surface area contributed by atoms with Gasteiger partial charge in [0.1, 0.15) is 5.69 Å². The summed E-state index contributed by atoms with van der Waals surface area (Å²) in [5, 5.41) is 16.5. The first-order chi connectivity index (χ1) is 14.6. The second-order valence-corrected chi connectivity index (χ2v) is 7.69. The second-order valence-electron chi connectivity index (χ2n) is 6.74. The van der Waals surface area contributed by atoms with Crippen molar-refractivity contribution in [3.63, 3.8) is 0 Å². The molecular weight excluding hydrogens is 402 g/mol. The summed E-state index contributed by atoms with van der Waals surface area (Å²) in [7, 11) is 0. The molecule has 3 aromatic heterocycles. The molecule has 0 saturated heterocycles. The molecule has 0 aliphatic carbocycles. The molecule has 9 heteroatoms. The number of aromatic nitrogens is 4. The minimum atomic E-state index is -0.420.